The van der Waals surface area contributed by atoms with Crippen LogP contribution in [0.1, 0.15) is 37.4 Å². The summed E-state index contributed by atoms with van der Waals surface area (Å²) in [4.78, 5) is 24.3. The molecule has 0 aliphatic heterocycles. The maximum absolute atomic E-state index is 13.4. The van der Waals surface area contributed by atoms with Gasteiger partial charge in [0, 0.05) is 11.3 Å². The predicted molar refractivity (Wildman–Crippen MR) is 110 cm³/mol. The lowest BCUT2D eigenvalue weighted by molar-refractivity contribution is -0.137. The second kappa shape index (κ2) is 8.70. The summed E-state index contributed by atoms with van der Waals surface area (Å²) in [5, 5.41) is 2.56. The number of primary amides is 1. The SMILES string of the molecule is Cc1ccc(C(N)=O)cc1NC(=O)c1ccc(C(F)(F)F)cc1Oc1ccc(F)cc1C. The number of carbonyl (C=O) groups excluding carboxylic acids is 2. The van der Waals surface area contributed by atoms with E-state index in [1.54, 1.807) is 13.0 Å². The van der Waals surface area contributed by atoms with Crippen molar-refractivity contribution in [1.29, 1.82) is 0 Å². The van der Waals surface area contributed by atoms with E-state index in [4.69, 9.17) is 10.5 Å². The van der Waals surface area contributed by atoms with Crippen LogP contribution in [0.2, 0.25) is 0 Å². The van der Waals surface area contributed by atoms with Crippen LogP contribution >= 0.6 is 0 Å². The Hall–Kier alpha value is -3.88. The highest BCUT2D eigenvalue weighted by Crippen LogP contribution is 2.36. The molecule has 32 heavy (non-hydrogen) atoms. The summed E-state index contributed by atoms with van der Waals surface area (Å²) in [6.45, 7) is 3.19. The average Bonchev–Trinajstić information content (AvgIpc) is 2.70. The van der Waals surface area contributed by atoms with Crippen molar-refractivity contribution in [3.05, 3.63) is 88.2 Å². The molecule has 0 aliphatic rings. The molecular weight excluding hydrogens is 428 g/mol. The topological polar surface area (TPSA) is 81.4 Å². The van der Waals surface area contributed by atoms with Crippen LogP contribution in [0.5, 0.6) is 11.5 Å². The summed E-state index contributed by atoms with van der Waals surface area (Å²) in [7, 11) is 0. The van der Waals surface area contributed by atoms with Crippen molar-refractivity contribution in [2.75, 3.05) is 5.32 Å². The molecule has 0 bridgehead atoms. The van der Waals surface area contributed by atoms with Crippen LogP contribution in [-0.2, 0) is 6.18 Å². The molecule has 0 fully saturated rings. The molecule has 3 rings (SSSR count). The number of rotatable bonds is 5. The minimum atomic E-state index is -4.67. The Morgan fingerprint density at radius 3 is 2.25 bits per heavy atom. The van der Waals surface area contributed by atoms with Crippen molar-refractivity contribution in [3.63, 3.8) is 0 Å². The van der Waals surface area contributed by atoms with Crippen molar-refractivity contribution in [3.8, 4) is 11.5 Å². The van der Waals surface area contributed by atoms with E-state index in [0.29, 0.717) is 17.2 Å². The quantitative estimate of drug-likeness (QED) is 0.500. The standard InChI is InChI=1S/C23H18F4N2O3/c1-12-3-4-14(21(28)30)10-18(12)29-22(31)17-7-5-15(23(25,26)27)11-20(17)32-19-8-6-16(24)9-13(19)2/h3-11H,1-2H3,(H2,28,30)(H,29,31). The fraction of sp³-hybridized carbons (Fsp3) is 0.130. The molecule has 3 aromatic rings. The molecule has 2 amide bonds. The molecule has 0 saturated heterocycles. The molecule has 0 spiro atoms. The van der Waals surface area contributed by atoms with E-state index in [9.17, 15) is 27.2 Å². The third kappa shape index (κ3) is 5.05. The van der Waals surface area contributed by atoms with Gasteiger partial charge in [-0.05, 0) is 73.5 Å². The maximum Gasteiger partial charge on any atom is 0.416 e. The van der Waals surface area contributed by atoms with Gasteiger partial charge in [-0.15, -0.1) is 0 Å². The first-order valence-corrected chi connectivity index (χ1v) is 9.33. The Bertz CT molecular complexity index is 1210. The van der Waals surface area contributed by atoms with Gasteiger partial charge >= 0.3 is 6.18 Å². The van der Waals surface area contributed by atoms with E-state index in [0.717, 1.165) is 24.3 Å². The lowest BCUT2D eigenvalue weighted by Crippen LogP contribution is -2.17. The molecule has 9 heteroatoms. The van der Waals surface area contributed by atoms with E-state index >= 15 is 0 Å². The summed E-state index contributed by atoms with van der Waals surface area (Å²) in [5.74, 6) is -2.28. The number of anilines is 1. The minimum absolute atomic E-state index is 0.0895. The van der Waals surface area contributed by atoms with Gasteiger partial charge in [0.15, 0.2) is 0 Å². The van der Waals surface area contributed by atoms with E-state index in [1.165, 1.54) is 25.1 Å². The van der Waals surface area contributed by atoms with E-state index in [1.807, 2.05) is 0 Å². The number of hydrogen-bond donors (Lipinski definition) is 2. The van der Waals surface area contributed by atoms with E-state index in [2.05, 4.69) is 5.32 Å². The smallest absolute Gasteiger partial charge is 0.416 e. The molecule has 0 aromatic heterocycles. The highest BCUT2D eigenvalue weighted by molar-refractivity contribution is 6.07. The second-order valence-corrected chi connectivity index (χ2v) is 7.07. The summed E-state index contributed by atoms with van der Waals surface area (Å²) >= 11 is 0. The van der Waals surface area contributed by atoms with Gasteiger partial charge in [-0.25, -0.2) is 4.39 Å². The molecule has 5 nitrogen and oxygen atoms in total. The normalized spacial score (nSPS) is 11.2. The number of nitrogens with two attached hydrogens (primary N) is 1. The largest absolute Gasteiger partial charge is 0.456 e. The fourth-order valence-corrected chi connectivity index (χ4v) is 2.92. The van der Waals surface area contributed by atoms with Crippen LogP contribution < -0.4 is 15.8 Å². The van der Waals surface area contributed by atoms with Gasteiger partial charge in [0.25, 0.3) is 5.91 Å². The summed E-state index contributed by atoms with van der Waals surface area (Å²) in [5.41, 5.74) is 5.40. The highest BCUT2D eigenvalue weighted by atomic mass is 19.4. The average molecular weight is 446 g/mol. The van der Waals surface area contributed by atoms with E-state index < -0.39 is 29.4 Å². The Morgan fingerprint density at radius 1 is 0.906 bits per heavy atom. The molecule has 0 unspecified atom stereocenters. The van der Waals surface area contributed by atoms with Gasteiger partial charge in [-0.3, -0.25) is 9.59 Å². The Labute approximate surface area is 180 Å². The van der Waals surface area contributed by atoms with Gasteiger partial charge in [0.2, 0.25) is 5.91 Å². The number of benzene rings is 3. The lowest BCUT2D eigenvalue weighted by atomic mass is 10.1. The molecular formula is C23H18F4N2O3. The number of ether oxygens (including phenoxy) is 1. The number of amides is 2. The number of halogens is 4. The lowest BCUT2D eigenvalue weighted by Gasteiger charge is -2.16. The monoisotopic (exact) mass is 446 g/mol. The molecule has 3 N–H and O–H groups in total. The zero-order chi connectivity index (χ0) is 23.6. The zero-order valence-corrected chi connectivity index (χ0v) is 17.0. The van der Waals surface area contributed by atoms with Gasteiger partial charge < -0.3 is 15.8 Å². The molecule has 0 atom stereocenters. The summed E-state index contributed by atoms with van der Waals surface area (Å²) in [6, 6.07) is 10.4. The first kappa shape index (κ1) is 22.8. The molecule has 0 saturated carbocycles. The van der Waals surface area contributed by atoms with Crippen molar-refractivity contribution in [2.45, 2.75) is 20.0 Å². The molecule has 3 aromatic carbocycles. The van der Waals surface area contributed by atoms with Gasteiger partial charge in [-0.2, -0.15) is 13.2 Å². The maximum atomic E-state index is 13.4. The minimum Gasteiger partial charge on any atom is -0.456 e. The number of alkyl halides is 3. The second-order valence-electron chi connectivity index (χ2n) is 7.07. The Balaban J connectivity index is 2.02. The number of nitrogens with one attached hydrogen (secondary N) is 1. The van der Waals surface area contributed by atoms with Crippen LogP contribution in [0.4, 0.5) is 23.2 Å². The number of hydrogen-bond acceptors (Lipinski definition) is 3. The highest BCUT2D eigenvalue weighted by Gasteiger charge is 2.32. The van der Waals surface area contributed by atoms with Crippen molar-refractivity contribution in [2.24, 2.45) is 5.73 Å². The Morgan fingerprint density at radius 2 is 1.62 bits per heavy atom. The van der Waals surface area contributed by atoms with Crippen LogP contribution in [0.15, 0.2) is 54.6 Å². The molecule has 0 radical (unpaired) electrons. The van der Waals surface area contributed by atoms with Gasteiger partial charge in [0.1, 0.15) is 17.3 Å². The summed E-state index contributed by atoms with van der Waals surface area (Å²) < 4.78 is 58.7. The van der Waals surface area contributed by atoms with Crippen molar-refractivity contribution >= 4 is 17.5 Å². The van der Waals surface area contributed by atoms with Crippen LogP contribution in [0.3, 0.4) is 0 Å². The first-order valence-electron chi connectivity index (χ1n) is 9.33. The summed E-state index contributed by atoms with van der Waals surface area (Å²) in [6.07, 6.45) is -4.67. The molecule has 166 valence electrons. The number of carbonyl (C=O) groups is 2. The zero-order valence-electron chi connectivity index (χ0n) is 17.0. The third-order valence-electron chi connectivity index (χ3n) is 4.68. The van der Waals surface area contributed by atoms with Crippen molar-refractivity contribution in [1.82, 2.24) is 0 Å². The predicted octanol–water partition coefficient (Wildman–Crippen LogP) is 5.60. The first-order chi connectivity index (χ1) is 15.0. The van der Waals surface area contributed by atoms with Crippen LogP contribution in [0, 0.1) is 19.7 Å². The van der Waals surface area contributed by atoms with Gasteiger partial charge in [-0.1, -0.05) is 6.07 Å². The molecule has 0 aliphatic carbocycles. The third-order valence-corrected chi connectivity index (χ3v) is 4.68. The molecule has 0 heterocycles. The van der Waals surface area contributed by atoms with E-state index in [-0.39, 0.29) is 28.3 Å². The van der Waals surface area contributed by atoms with Crippen LogP contribution in [-0.4, -0.2) is 11.8 Å². The van der Waals surface area contributed by atoms with Crippen LogP contribution in [0.25, 0.3) is 0 Å². The number of aryl methyl sites for hydroxylation is 2. The van der Waals surface area contributed by atoms with Gasteiger partial charge in [0.05, 0.1) is 11.1 Å². The van der Waals surface area contributed by atoms with Crippen molar-refractivity contribution < 1.29 is 31.9 Å². The fourth-order valence-electron chi connectivity index (χ4n) is 2.92. The Kier molecular flexibility index (Phi) is 6.20.